The van der Waals surface area contributed by atoms with Crippen LogP contribution in [0.2, 0.25) is 0 Å². The number of amides is 1. The van der Waals surface area contributed by atoms with Crippen molar-refractivity contribution in [3.8, 4) is 0 Å². The fraction of sp³-hybridized carbons (Fsp3) is 0.308. The highest BCUT2D eigenvalue weighted by Gasteiger charge is 2.16. The molecule has 2 rings (SSSR count). The lowest BCUT2D eigenvalue weighted by atomic mass is 10.2. The Balaban J connectivity index is 2.04. The summed E-state index contributed by atoms with van der Waals surface area (Å²) in [5, 5.41) is 6.68. The Hall–Kier alpha value is -1.69. The number of aryl methyl sites for hydroxylation is 1. The number of nitrogens with one attached hydrogen (secondary N) is 1. The van der Waals surface area contributed by atoms with E-state index in [-0.39, 0.29) is 11.7 Å². The Morgan fingerprint density at radius 1 is 1.37 bits per heavy atom. The minimum Gasteiger partial charge on any atom is -0.335 e. The molecule has 1 N–H and O–H groups in total. The number of halogens is 1. The Kier molecular flexibility index (Phi) is 4.31. The molecule has 0 aliphatic rings. The van der Waals surface area contributed by atoms with Crippen LogP contribution in [0.25, 0.3) is 0 Å². The first-order valence-corrected chi connectivity index (χ1v) is 6.80. The Bertz CT molecular complexity index is 564. The monoisotopic (exact) mass is 322 g/mol. The number of hydrogen-bond donors (Lipinski definition) is 1. The van der Waals surface area contributed by atoms with Gasteiger partial charge in [-0.15, -0.1) is 5.10 Å². The van der Waals surface area contributed by atoms with E-state index >= 15 is 0 Å². The zero-order chi connectivity index (χ0) is 13.8. The van der Waals surface area contributed by atoms with Gasteiger partial charge in [0.2, 0.25) is 5.82 Å². The molecule has 1 amide bonds. The van der Waals surface area contributed by atoms with Crippen molar-refractivity contribution in [1.82, 2.24) is 20.1 Å². The Morgan fingerprint density at radius 3 is 2.63 bits per heavy atom. The maximum absolute atomic E-state index is 12.1. The Labute approximate surface area is 120 Å². The zero-order valence-electron chi connectivity index (χ0n) is 10.9. The second kappa shape index (κ2) is 5.97. The number of aromatic amines is 1. The highest BCUT2D eigenvalue weighted by molar-refractivity contribution is 9.10. The van der Waals surface area contributed by atoms with E-state index in [2.05, 4.69) is 31.1 Å². The lowest BCUT2D eigenvalue weighted by molar-refractivity contribution is 0.0773. The van der Waals surface area contributed by atoms with E-state index in [4.69, 9.17) is 0 Å². The van der Waals surface area contributed by atoms with Gasteiger partial charge in [-0.2, -0.15) is 0 Å². The van der Waals surface area contributed by atoms with Crippen molar-refractivity contribution in [3.05, 3.63) is 46.0 Å². The van der Waals surface area contributed by atoms with Crippen molar-refractivity contribution in [2.45, 2.75) is 19.9 Å². The minimum atomic E-state index is -0.182. The number of aromatic nitrogens is 3. The normalized spacial score (nSPS) is 10.5. The summed E-state index contributed by atoms with van der Waals surface area (Å²) in [6.45, 7) is 2.49. The number of nitrogens with zero attached hydrogens (tertiary/aromatic N) is 3. The van der Waals surface area contributed by atoms with Gasteiger partial charge in [-0.1, -0.05) is 35.0 Å². The molecule has 0 aliphatic carbocycles. The van der Waals surface area contributed by atoms with Crippen LogP contribution in [0.3, 0.4) is 0 Å². The summed E-state index contributed by atoms with van der Waals surface area (Å²) in [6, 6.07) is 7.86. The van der Waals surface area contributed by atoms with Crippen LogP contribution in [-0.2, 0) is 13.0 Å². The van der Waals surface area contributed by atoms with Gasteiger partial charge in [0, 0.05) is 24.5 Å². The Morgan fingerprint density at radius 2 is 2.05 bits per heavy atom. The van der Waals surface area contributed by atoms with E-state index < -0.39 is 0 Å². The molecule has 0 radical (unpaired) electrons. The van der Waals surface area contributed by atoms with E-state index in [0.29, 0.717) is 6.54 Å². The number of carbonyl (C=O) groups is 1. The van der Waals surface area contributed by atoms with Crippen LogP contribution in [0.5, 0.6) is 0 Å². The third-order valence-electron chi connectivity index (χ3n) is 2.74. The molecule has 6 heteroatoms. The van der Waals surface area contributed by atoms with E-state index in [1.54, 1.807) is 11.9 Å². The first-order valence-electron chi connectivity index (χ1n) is 6.01. The average Bonchev–Trinajstić information content (AvgIpc) is 2.89. The van der Waals surface area contributed by atoms with Crippen LogP contribution in [0.15, 0.2) is 28.7 Å². The van der Waals surface area contributed by atoms with Gasteiger partial charge in [-0.05, 0) is 17.7 Å². The van der Waals surface area contributed by atoms with Crippen molar-refractivity contribution in [1.29, 1.82) is 0 Å². The summed E-state index contributed by atoms with van der Waals surface area (Å²) in [5.74, 6) is 0.760. The van der Waals surface area contributed by atoms with Gasteiger partial charge in [-0.3, -0.25) is 9.89 Å². The van der Waals surface area contributed by atoms with Gasteiger partial charge in [0.1, 0.15) is 5.82 Å². The number of H-pyrrole nitrogens is 1. The zero-order valence-corrected chi connectivity index (χ0v) is 12.4. The molecule has 0 saturated carbocycles. The number of hydrogen-bond acceptors (Lipinski definition) is 3. The van der Waals surface area contributed by atoms with Crippen molar-refractivity contribution in [2.75, 3.05) is 7.05 Å². The summed E-state index contributed by atoms with van der Waals surface area (Å²) >= 11 is 3.38. The van der Waals surface area contributed by atoms with Gasteiger partial charge < -0.3 is 4.90 Å². The van der Waals surface area contributed by atoms with E-state index in [1.165, 1.54) is 0 Å². The highest BCUT2D eigenvalue weighted by Crippen LogP contribution is 2.12. The second-order valence-corrected chi connectivity index (χ2v) is 5.16. The van der Waals surface area contributed by atoms with Crippen molar-refractivity contribution in [3.63, 3.8) is 0 Å². The molecule has 0 fully saturated rings. The maximum atomic E-state index is 12.1. The second-order valence-electron chi connectivity index (χ2n) is 4.25. The molecule has 19 heavy (non-hydrogen) atoms. The SMILES string of the molecule is CCc1nc(C(=O)N(C)Cc2ccc(Br)cc2)n[nH]1. The average molecular weight is 323 g/mol. The van der Waals surface area contributed by atoms with Crippen LogP contribution in [0, 0.1) is 0 Å². The molecule has 0 unspecified atom stereocenters. The summed E-state index contributed by atoms with van der Waals surface area (Å²) in [5.41, 5.74) is 1.06. The molecule has 5 nitrogen and oxygen atoms in total. The summed E-state index contributed by atoms with van der Waals surface area (Å²) < 4.78 is 1.02. The smallest absolute Gasteiger partial charge is 0.293 e. The first-order chi connectivity index (χ1) is 9.10. The van der Waals surface area contributed by atoms with E-state index in [0.717, 1.165) is 22.3 Å². The number of benzene rings is 1. The molecule has 0 atom stereocenters. The predicted molar refractivity (Wildman–Crippen MR) is 75.7 cm³/mol. The number of carbonyl (C=O) groups excluding carboxylic acids is 1. The lowest BCUT2D eigenvalue weighted by Crippen LogP contribution is -2.27. The third-order valence-corrected chi connectivity index (χ3v) is 3.27. The van der Waals surface area contributed by atoms with Crippen LogP contribution in [-0.4, -0.2) is 33.0 Å². The summed E-state index contributed by atoms with van der Waals surface area (Å²) in [7, 11) is 1.74. The largest absolute Gasteiger partial charge is 0.335 e. The minimum absolute atomic E-state index is 0.182. The van der Waals surface area contributed by atoms with Crippen LogP contribution >= 0.6 is 15.9 Å². The van der Waals surface area contributed by atoms with Crippen LogP contribution < -0.4 is 0 Å². The molecule has 2 aromatic rings. The summed E-state index contributed by atoms with van der Waals surface area (Å²) in [4.78, 5) is 17.9. The van der Waals surface area contributed by atoms with Crippen molar-refractivity contribution >= 4 is 21.8 Å². The maximum Gasteiger partial charge on any atom is 0.293 e. The highest BCUT2D eigenvalue weighted by atomic mass is 79.9. The molecular weight excluding hydrogens is 308 g/mol. The third kappa shape index (κ3) is 3.41. The molecule has 1 heterocycles. The van der Waals surface area contributed by atoms with Gasteiger partial charge in [-0.25, -0.2) is 4.98 Å². The predicted octanol–water partition coefficient (Wildman–Crippen LogP) is 2.40. The van der Waals surface area contributed by atoms with Gasteiger partial charge in [0.25, 0.3) is 5.91 Å². The molecule has 0 saturated heterocycles. The topological polar surface area (TPSA) is 61.9 Å². The number of rotatable bonds is 4. The molecule has 0 aliphatic heterocycles. The van der Waals surface area contributed by atoms with Gasteiger partial charge in [0.15, 0.2) is 0 Å². The van der Waals surface area contributed by atoms with Crippen molar-refractivity contribution < 1.29 is 4.79 Å². The van der Waals surface area contributed by atoms with Crippen molar-refractivity contribution in [2.24, 2.45) is 0 Å². The van der Waals surface area contributed by atoms with E-state index in [9.17, 15) is 4.79 Å². The molecule has 100 valence electrons. The van der Waals surface area contributed by atoms with Crippen LogP contribution in [0.1, 0.15) is 28.9 Å². The molecule has 1 aromatic carbocycles. The molecular formula is C13H15BrN4O. The summed E-state index contributed by atoms with van der Waals surface area (Å²) in [6.07, 6.45) is 0.733. The first kappa shape index (κ1) is 13.7. The van der Waals surface area contributed by atoms with Gasteiger partial charge >= 0.3 is 0 Å². The standard InChI is InChI=1S/C13H15BrN4O/c1-3-11-15-12(17-16-11)13(19)18(2)8-9-4-6-10(14)7-5-9/h4-7H,3,8H2,1-2H3,(H,15,16,17). The van der Waals surface area contributed by atoms with E-state index in [1.807, 2.05) is 31.2 Å². The quantitative estimate of drug-likeness (QED) is 0.940. The molecule has 0 spiro atoms. The van der Waals surface area contributed by atoms with Crippen LogP contribution in [0.4, 0.5) is 0 Å². The van der Waals surface area contributed by atoms with Gasteiger partial charge in [0.05, 0.1) is 0 Å². The fourth-order valence-corrected chi connectivity index (χ4v) is 1.92. The molecule has 1 aromatic heterocycles. The fourth-order valence-electron chi connectivity index (χ4n) is 1.66. The lowest BCUT2D eigenvalue weighted by Gasteiger charge is -2.15. The molecule has 0 bridgehead atoms.